The van der Waals surface area contributed by atoms with E-state index < -0.39 is 11.4 Å². The first kappa shape index (κ1) is 33.8. The van der Waals surface area contributed by atoms with Crippen molar-refractivity contribution in [1.82, 2.24) is 29.6 Å². The molecule has 4 unspecified atom stereocenters. The number of hydrogen-bond acceptors (Lipinski definition) is 8. The number of aromatic nitrogens is 4. The van der Waals surface area contributed by atoms with E-state index in [0.29, 0.717) is 17.1 Å². The second-order valence-electron chi connectivity index (χ2n) is 13.7. The van der Waals surface area contributed by atoms with Crippen LogP contribution in [0.2, 0.25) is 0 Å². The molecule has 2 aromatic heterocycles. The lowest BCUT2D eigenvalue weighted by molar-refractivity contribution is 0.270. The first-order valence-electron chi connectivity index (χ1n) is 17.1. The van der Waals surface area contributed by atoms with Crippen LogP contribution in [0.4, 0.5) is 10.2 Å². The Morgan fingerprint density at radius 1 is 1.12 bits per heavy atom. The van der Waals surface area contributed by atoms with E-state index in [1.165, 1.54) is 17.7 Å². The van der Waals surface area contributed by atoms with Gasteiger partial charge in [-0.2, -0.15) is 0 Å². The summed E-state index contributed by atoms with van der Waals surface area (Å²) < 4.78 is 38.2. The predicted octanol–water partition coefficient (Wildman–Crippen LogP) is 6.73. The van der Waals surface area contributed by atoms with E-state index in [4.69, 9.17) is 9.72 Å². The molecule has 4 atom stereocenters. The predicted molar refractivity (Wildman–Crippen MR) is 195 cm³/mol. The summed E-state index contributed by atoms with van der Waals surface area (Å²) in [7, 11) is 0. The molecule has 0 radical (unpaired) electrons. The van der Waals surface area contributed by atoms with Gasteiger partial charge in [0.25, 0.3) is 0 Å². The molecular weight excluding hydrogens is 744 g/mol. The Morgan fingerprint density at radius 3 is 2.77 bits per heavy atom. The van der Waals surface area contributed by atoms with Crippen molar-refractivity contribution in [3.63, 3.8) is 0 Å². The first-order chi connectivity index (χ1) is 23.3. The number of likely N-dealkylation sites (tertiary alicyclic amines) is 1. The number of H-pyrrole nitrogens is 2. The average molecular weight is 788 g/mol. The van der Waals surface area contributed by atoms with Gasteiger partial charge in [-0.15, -0.1) is 4.72 Å². The molecule has 3 aliphatic rings. The molecule has 4 heterocycles. The van der Waals surface area contributed by atoms with Crippen LogP contribution in [-0.4, -0.2) is 58.8 Å². The zero-order valence-corrected chi connectivity index (χ0v) is 30.2. The third kappa shape index (κ3) is 7.40. The Morgan fingerprint density at radius 2 is 1.94 bits per heavy atom. The van der Waals surface area contributed by atoms with Crippen LogP contribution in [0.5, 0.6) is 11.5 Å². The van der Waals surface area contributed by atoms with Crippen molar-refractivity contribution < 1.29 is 13.7 Å². The van der Waals surface area contributed by atoms with Gasteiger partial charge < -0.3 is 24.2 Å². The summed E-state index contributed by atoms with van der Waals surface area (Å²) in [6.45, 7) is 6.63. The largest absolute Gasteiger partial charge is 0.597 e. The van der Waals surface area contributed by atoms with E-state index in [2.05, 4.69) is 71.1 Å². The Bertz CT molecular complexity index is 1780. The number of nitrogens with zero attached hydrogens (tertiary/aromatic N) is 4. The highest BCUT2D eigenvalue weighted by atomic mass is 127. The van der Waals surface area contributed by atoms with Gasteiger partial charge in [-0.25, -0.2) is 19.2 Å². The van der Waals surface area contributed by atoms with E-state index in [-0.39, 0.29) is 32.1 Å². The van der Waals surface area contributed by atoms with Crippen LogP contribution in [0, 0.1) is 17.2 Å². The fraction of sp³-hybridized carbons (Fsp3) is 0.514. The van der Waals surface area contributed by atoms with E-state index in [9.17, 15) is 13.7 Å². The summed E-state index contributed by atoms with van der Waals surface area (Å²) in [5.74, 6) is 1.71. The minimum atomic E-state index is -1.28. The number of alkyl halides is 1. The van der Waals surface area contributed by atoms with E-state index >= 15 is 0 Å². The number of benzene rings is 2. The molecule has 2 aliphatic heterocycles. The fourth-order valence-electron chi connectivity index (χ4n) is 7.88. The minimum Gasteiger partial charge on any atom is -0.597 e. The second kappa shape index (κ2) is 14.6. The summed E-state index contributed by atoms with van der Waals surface area (Å²) in [5.41, 5.74) is 3.49. The highest BCUT2D eigenvalue weighted by molar-refractivity contribution is 14.1. The Balaban J connectivity index is 1.08. The molecule has 4 aromatic rings. The molecule has 13 heteroatoms. The molecule has 1 aliphatic carbocycles. The maximum Gasteiger partial charge on any atom is 0.323 e. The number of rotatable bonds is 12. The van der Waals surface area contributed by atoms with Gasteiger partial charge >= 0.3 is 5.69 Å². The molecule has 3 N–H and O–H groups in total. The van der Waals surface area contributed by atoms with Gasteiger partial charge in [0.05, 0.1) is 34.6 Å². The first-order valence-corrected chi connectivity index (χ1v) is 19.5. The molecule has 256 valence electrons. The maximum atomic E-state index is 14.9. The van der Waals surface area contributed by atoms with Crippen LogP contribution in [0.15, 0.2) is 53.7 Å². The smallest absolute Gasteiger partial charge is 0.323 e. The summed E-state index contributed by atoms with van der Waals surface area (Å²) in [4.78, 5) is 31.2. The van der Waals surface area contributed by atoms with E-state index in [1.807, 2.05) is 6.07 Å². The third-order valence-electron chi connectivity index (χ3n) is 10.3. The standard InChI is InChI=1S/C35H43FIN7O3S/c1-2-5-31(37)48(46)42-32(24-6-3-4-7-24)26-17-25(36)9-11-29(26)47-30-18-38-22-39-33(30)44-15-13-35(21-44)12-14-43(20-35)19-23-8-10-27-28(16-23)41-34(45)40-27/h8-11,16-18,22,24,31-32,42H,2-7,12-15,19-21H2,1H3,(H2,40,41,45). The molecule has 0 bridgehead atoms. The average Bonchev–Trinajstić information content (AvgIpc) is 3.89. The summed E-state index contributed by atoms with van der Waals surface area (Å²) >= 11 is 0.982. The number of imidazole rings is 1. The van der Waals surface area contributed by atoms with Gasteiger partial charge in [0.15, 0.2) is 14.8 Å². The monoisotopic (exact) mass is 787 g/mol. The molecular formula is C35H43FIN7O3S. The third-order valence-corrected chi connectivity index (χ3v) is 13.5. The van der Waals surface area contributed by atoms with Crippen LogP contribution in [0.1, 0.15) is 75.5 Å². The quantitative estimate of drug-likeness (QED) is 0.0822. The van der Waals surface area contributed by atoms with Gasteiger partial charge in [-0.05, 0) is 96.6 Å². The summed E-state index contributed by atoms with van der Waals surface area (Å²) in [6, 6.07) is 10.5. The molecule has 2 saturated heterocycles. The Labute approximate surface area is 297 Å². The van der Waals surface area contributed by atoms with Gasteiger partial charge in [0.2, 0.25) is 0 Å². The molecule has 10 nitrogen and oxygen atoms in total. The molecule has 0 amide bonds. The molecule has 1 saturated carbocycles. The van der Waals surface area contributed by atoms with Crippen molar-refractivity contribution in [3.8, 4) is 11.5 Å². The molecule has 1 spiro atoms. The highest BCUT2D eigenvalue weighted by Gasteiger charge is 2.44. The van der Waals surface area contributed by atoms with Gasteiger partial charge in [-0.1, -0.05) is 32.3 Å². The van der Waals surface area contributed by atoms with Crippen molar-refractivity contribution in [2.45, 2.75) is 74.1 Å². The van der Waals surface area contributed by atoms with Crippen LogP contribution in [0.25, 0.3) is 11.0 Å². The van der Waals surface area contributed by atoms with Gasteiger partial charge in [-0.3, -0.25) is 4.90 Å². The number of nitrogens with one attached hydrogen (secondary N) is 3. The lowest BCUT2D eigenvalue weighted by atomic mass is 9.86. The lowest BCUT2D eigenvalue weighted by Crippen LogP contribution is -2.37. The van der Waals surface area contributed by atoms with Gasteiger partial charge in [0, 0.05) is 43.6 Å². The van der Waals surface area contributed by atoms with Crippen LogP contribution in [-0.2, 0) is 17.9 Å². The molecule has 2 aromatic carbocycles. The number of ether oxygens (including phenoxy) is 1. The molecule has 3 fully saturated rings. The summed E-state index contributed by atoms with van der Waals surface area (Å²) in [6.07, 6.45) is 11.4. The zero-order chi connectivity index (χ0) is 33.3. The van der Waals surface area contributed by atoms with Crippen LogP contribution >= 0.6 is 22.6 Å². The van der Waals surface area contributed by atoms with Crippen LogP contribution < -0.4 is 20.0 Å². The van der Waals surface area contributed by atoms with Crippen molar-refractivity contribution in [2.75, 3.05) is 31.1 Å². The molecule has 7 rings (SSSR count). The maximum absolute atomic E-state index is 14.9. The van der Waals surface area contributed by atoms with Crippen molar-refractivity contribution in [3.05, 3.63) is 76.4 Å². The highest BCUT2D eigenvalue weighted by Crippen LogP contribution is 2.45. The second-order valence-corrected chi connectivity index (χ2v) is 17.5. The SMILES string of the molecule is CCCC(I)[S+]([O-])NC(c1cc(F)ccc1Oc1cncnc1N1CCC2(CCN(Cc3ccc4[nH]c(=O)[nH]c4c3)C2)C1)C1CCCC1. The van der Waals surface area contributed by atoms with E-state index in [0.717, 1.165) is 101 Å². The summed E-state index contributed by atoms with van der Waals surface area (Å²) in [5, 5.41) is 0. The molecule has 48 heavy (non-hydrogen) atoms. The Kier molecular flexibility index (Phi) is 10.3. The van der Waals surface area contributed by atoms with Crippen LogP contribution in [0.3, 0.4) is 0 Å². The van der Waals surface area contributed by atoms with Crippen molar-refractivity contribution in [1.29, 1.82) is 0 Å². The lowest BCUT2D eigenvalue weighted by Gasteiger charge is -2.29. The fourth-order valence-corrected chi connectivity index (χ4v) is 10.1. The number of hydrogen-bond donors (Lipinski definition) is 3. The Hall–Kier alpha value is -2.72. The van der Waals surface area contributed by atoms with E-state index in [1.54, 1.807) is 18.6 Å². The van der Waals surface area contributed by atoms with Crippen molar-refractivity contribution >= 4 is 50.8 Å². The number of fused-ring (bicyclic) bond motifs is 1. The zero-order valence-electron chi connectivity index (χ0n) is 27.2. The minimum absolute atomic E-state index is 0.0362. The number of aromatic amines is 2. The number of anilines is 1. The number of halogens is 2. The normalized spacial score (nSPS) is 22.2. The van der Waals surface area contributed by atoms with Crippen molar-refractivity contribution in [2.24, 2.45) is 11.3 Å². The topological polar surface area (TPSA) is 125 Å². The van der Waals surface area contributed by atoms with Gasteiger partial charge in [0.1, 0.15) is 17.9 Å².